The molecule has 2 aromatic rings. The third kappa shape index (κ3) is 2.91. The van der Waals surface area contributed by atoms with E-state index in [4.69, 9.17) is 9.47 Å². The molecule has 114 valence electrons. The van der Waals surface area contributed by atoms with Crippen LogP contribution in [0.3, 0.4) is 0 Å². The molecule has 4 nitrogen and oxygen atoms in total. The molecular weight excluding hydrogens is 278 g/mol. The van der Waals surface area contributed by atoms with E-state index in [1.54, 1.807) is 7.11 Å². The number of hydrogen-bond acceptors (Lipinski definition) is 3. The second-order valence-corrected chi connectivity index (χ2v) is 5.51. The Hall–Kier alpha value is -2.49. The predicted molar refractivity (Wildman–Crippen MR) is 85.5 cm³/mol. The number of fused-ring (bicyclic) bond motifs is 1. The third-order valence-electron chi connectivity index (χ3n) is 3.86. The van der Waals surface area contributed by atoms with Crippen LogP contribution in [0.2, 0.25) is 0 Å². The van der Waals surface area contributed by atoms with E-state index >= 15 is 0 Å². The summed E-state index contributed by atoms with van der Waals surface area (Å²) in [5.41, 5.74) is 2.85. The number of aryl methyl sites for hydroxylation is 1. The first-order valence-corrected chi connectivity index (χ1v) is 7.33. The van der Waals surface area contributed by atoms with Crippen molar-refractivity contribution >= 4 is 11.6 Å². The van der Waals surface area contributed by atoms with Crippen LogP contribution in [0.25, 0.3) is 0 Å². The summed E-state index contributed by atoms with van der Waals surface area (Å²) < 4.78 is 11.0. The quantitative estimate of drug-likeness (QED) is 0.946. The van der Waals surface area contributed by atoms with Crippen molar-refractivity contribution in [2.24, 2.45) is 5.92 Å². The second kappa shape index (κ2) is 6.10. The van der Waals surface area contributed by atoms with Gasteiger partial charge in [-0.15, -0.1) is 0 Å². The number of rotatable bonds is 3. The van der Waals surface area contributed by atoms with Crippen LogP contribution < -0.4 is 14.8 Å². The maximum absolute atomic E-state index is 12.5. The van der Waals surface area contributed by atoms with Crippen LogP contribution in [0.4, 0.5) is 5.69 Å². The van der Waals surface area contributed by atoms with Crippen molar-refractivity contribution in [2.45, 2.75) is 13.3 Å². The Morgan fingerprint density at radius 1 is 1.27 bits per heavy atom. The van der Waals surface area contributed by atoms with E-state index in [1.807, 2.05) is 49.4 Å². The largest absolute Gasteiger partial charge is 0.495 e. The van der Waals surface area contributed by atoms with Gasteiger partial charge in [-0.25, -0.2) is 0 Å². The van der Waals surface area contributed by atoms with Gasteiger partial charge in [0.25, 0.3) is 0 Å². The highest BCUT2D eigenvalue weighted by Crippen LogP contribution is 2.29. The van der Waals surface area contributed by atoms with E-state index in [9.17, 15) is 4.79 Å². The maximum Gasteiger partial charge on any atom is 0.231 e. The summed E-state index contributed by atoms with van der Waals surface area (Å²) in [6, 6.07) is 13.6. The molecule has 22 heavy (non-hydrogen) atoms. The lowest BCUT2D eigenvalue weighted by Crippen LogP contribution is -2.32. The SMILES string of the molecule is COc1ccc(C)cc1NC(=O)[C@H]1COc2ccccc2C1. The first kappa shape index (κ1) is 14.4. The van der Waals surface area contributed by atoms with Crippen molar-refractivity contribution in [1.82, 2.24) is 0 Å². The first-order valence-electron chi connectivity index (χ1n) is 7.33. The van der Waals surface area contributed by atoms with Gasteiger partial charge in [0.05, 0.1) is 18.7 Å². The minimum atomic E-state index is -0.194. The molecule has 1 atom stereocenters. The van der Waals surface area contributed by atoms with Gasteiger partial charge in [-0.1, -0.05) is 24.3 Å². The molecule has 2 aromatic carbocycles. The molecule has 0 saturated heterocycles. The van der Waals surface area contributed by atoms with Crippen molar-refractivity contribution in [3.63, 3.8) is 0 Å². The van der Waals surface area contributed by atoms with E-state index in [2.05, 4.69) is 5.32 Å². The van der Waals surface area contributed by atoms with Crippen LogP contribution in [0.15, 0.2) is 42.5 Å². The van der Waals surface area contributed by atoms with Gasteiger partial charge < -0.3 is 14.8 Å². The van der Waals surface area contributed by atoms with Gasteiger partial charge in [-0.2, -0.15) is 0 Å². The molecule has 1 N–H and O–H groups in total. The third-order valence-corrected chi connectivity index (χ3v) is 3.86. The molecule has 0 unspecified atom stereocenters. The van der Waals surface area contributed by atoms with Crippen LogP contribution in [-0.2, 0) is 11.2 Å². The molecule has 0 fully saturated rings. The van der Waals surface area contributed by atoms with Gasteiger partial charge in [0, 0.05) is 0 Å². The van der Waals surface area contributed by atoms with Gasteiger partial charge in [-0.3, -0.25) is 4.79 Å². The van der Waals surface area contributed by atoms with Crippen molar-refractivity contribution < 1.29 is 14.3 Å². The highest BCUT2D eigenvalue weighted by Gasteiger charge is 2.26. The maximum atomic E-state index is 12.5. The molecule has 0 aliphatic carbocycles. The molecular formula is C18H19NO3. The average Bonchev–Trinajstić information content (AvgIpc) is 2.54. The lowest BCUT2D eigenvalue weighted by Gasteiger charge is -2.24. The highest BCUT2D eigenvalue weighted by atomic mass is 16.5. The number of carbonyl (C=O) groups is 1. The Labute approximate surface area is 130 Å². The summed E-state index contributed by atoms with van der Waals surface area (Å²) in [4.78, 5) is 12.5. The number of benzene rings is 2. The van der Waals surface area contributed by atoms with Crippen molar-refractivity contribution in [2.75, 3.05) is 19.0 Å². The second-order valence-electron chi connectivity index (χ2n) is 5.51. The summed E-state index contributed by atoms with van der Waals surface area (Å²) in [5.74, 6) is 1.30. The lowest BCUT2D eigenvalue weighted by molar-refractivity contribution is -0.121. The van der Waals surface area contributed by atoms with Crippen LogP contribution in [0.5, 0.6) is 11.5 Å². The molecule has 0 bridgehead atoms. The summed E-state index contributed by atoms with van der Waals surface area (Å²) >= 11 is 0. The van der Waals surface area contributed by atoms with Crippen LogP contribution in [0.1, 0.15) is 11.1 Å². The smallest absolute Gasteiger partial charge is 0.231 e. The molecule has 1 heterocycles. The molecule has 4 heteroatoms. The summed E-state index contributed by atoms with van der Waals surface area (Å²) in [7, 11) is 1.60. The van der Waals surface area contributed by atoms with Crippen molar-refractivity contribution in [3.8, 4) is 11.5 Å². The normalized spacial score (nSPS) is 16.4. The number of carbonyl (C=O) groups excluding carboxylic acids is 1. The Bertz CT molecular complexity index is 696. The van der Waals surface area contributed by atoms with E-state index < -0.39 is 0 Å². The van der Waals surface area contributed by atoms with Gasteiger partial charge in [-0.05, 0) is 42.7 Å². The Morgan fingerprint density at radius 2 is 2.09 bits per heavy atom. The topological polar surface area (TPSA) is 47.6 Å². The van der Waals surface area contributed by atoms with E-state index in [1.165, 1.54) is 0 Å². The Kier molecular flexibility index (Phi) is 4.00. The number of nitrogens with one attached hydrogen (secondary N) is 1. The Balaban J connectivity index is 1.75. The van der Waals surface area contributed by atoms with Gasteiger partial charge in [0.1, 0.15) is 18.1 Å². The van der Waals surface area contributed by atoms with Crippen molar-refractivity contribution in [3.05, 3.63) is 53.6 Å². The van der Waals surface area contributed by atoms with Gasteiger partial charge >= 0.3 is 0 Å². The number of hydrogen-bond donors (Lipinski definition) is 1. The van der Waals surface area contributed by atoms with E-state index in [0.717, 1.165) is 16.9 Å². The van der Waals surface area contributed by atoms with E-state index in [0.29, 0.717) is 24.5 Å². The molecule has 3 rings (SSSR count). The molecule has 0 radical (unpaired) electrons. The fraction of sp³-hybridized carbons (Fsp3) is 0.278. The zero-order chi connectivity index (χ0) is 15.5. The van der Waals surface area contributed by atoms with Gasteiger partial charge in [0.2, 0.25) is 5.91 Å². The molecule has 1 amide bonds. The fourth-order valence-corrected chi connectivity index (χ4v) is 2.65. The highest BCUT2D eigenvalue weighted by molar-refractivity contribution is 5.94. The lowest BCUT2D eigenvalue weighted by atomic mass is 9.96. The molecule has 1 aliphatic rings. The summed E-state index contributed by atoms with van der Waals surface area (Å²) in [5, 5.41) is 2.96. The molecule has 0 saturated carbocycles. The minimum absolute atomic E-state index is 0.0431. The van der Waals surface area contributed by atoms with Gasteiger partial charge in [0.15, 0.2) is 0 Å². The summed E-state index contributed by atoms with van der Waals surface area (Å²) in [6.45, 7) is 2.38. The number of para-hydroxylation sites is 1. The fourth-order valence-electron chi connectivity index (χ4n) is 2.65. The Morgan fingerprint density at radius 3 is 2.91 bits per heavy atom. The minimum Gasteiger partial charge on any atom is -0.495 e. The average molecular weight is 297 g/mol. The first-order chi connectivity index (χ1) is 10.7. The molecule has 0 aromatic heterocycles. The number of anilines is 1. The molecule has 1 aliphatic heterocycles. The van der Waals surface area contributed by atoms with E-state index in [-0.39, 0.29) is 11.8 Å². The predicted octanol–water partition coefficient (Wildman–Crippen LogP) is 3.19. The monoisotopic (exact) mass is 297 g/mol. The zero-order valence-corrected chi connectivity index (χ0v) is 12.8. The summed E-state index contributed by atoms with van der Waals surface area (Å²) in [6.07, 6.45) is 0.691. The number of methoxy groups -OCH3 is 1. The zero-order valence-electron chi connectivity index (χ0n) is 12.8. The van der Waals surface area contributed by atoms with Crippen LogP contribution in [0, 0.1) is 12.8 Å². The molecule has 0 spiro atoms. The number of ether oxygens (including phenoxy) is 2. The van der Waals surface area contributed by atoms with Crippen LogP contribution in [-0.4, -0.2) is 19.6 Å². The standard InChI is InChI=1S/C18H19NO3/c1-12-7-8-17(21-2)15(9-12)19-18(20)14-10-13-5-3-4-6-16(13)22-11-14/h3-9,14H,10-11H2,1-2H3,(H,19,20)/t14-/m1/s1. The van der Waals surface area contributed by atoms with Crippen molar-refractivity contribution in [1.29, 1.82) is 0 Å². The van der Waals surface area contributed by atoms with Crippen LogP contribution >= 0.6 is 0 Å². The number of amides is 1.